The minimum Gasteiger partial charge on any atom is -0.754 e. The molecule has 4 aromatic carbocycles. The zero-order valence-electron chi connectivity index (χ0n) is 20.6. The van der Waals surface area contributed by atoms with E-state index in [-0.39, 0.29) is 111 Å². The van der Waals surface area contributed by atoms with Crippen molar-refractivity contribution >= 4 is 42.6 Å². The number of carbonyl (C=O) groups excluding carboxylic acids is 1. The number of rotatable bonds is 5. The average Bonchev–Trinajstić information content (AvgIpc) is 2.77. The summed E-state index contributed by atoms with van der Waals surface area (Å²) in [6.45, 7) is 1.97. The Morgan fingerprint density at radius 3 is 1.97 bits per heavy atom. The minimum atomic E-state index is -5.08. The third kappa shape index (κ3) is 7.98. The van der Waals surface area contributed by atoms with Crippen LogP contribution in [0.3, 0.4) is 0 Å². The molecule has 0 unspecified atom stereocenters. The molecule has 0 spiro atoms. The Balaban J connectivity index is 0.00000228. The molecule has 37 heavy (non-hydrogen) atoms. The van der Waals surface area contributed by atoms with Gasteiger partial charge in [0.25, 0.3) is 5.91 Å². The number of aryl methyl sites for hydroxylation is 1. The Morgan fingerprint density at radius 1 is 0.784 bits per heavy atom. The summed E-state index contributed by atoms with van der Waals surface area (Å²) in [5, 5.41) is 1.79. The van der Waals surface area contributed by atoms with Crippen LogP contribution in [-0.4, -0.2) is 31.8 Å². The number of hydrogen-bond acceptors (Lipinski definition) is 7. The van der Waals surface area contributed by atoms with Gasteiger partial charge in [0, 0.05) is 16.1 Å². The van der Waals surface area contributed by atoms with Crippen LogP contribution in [0.2, 0.25) is 0 Å². The monoisotopic (exact) mass is 563 g/mol. The van der Waals surface area contributed by atoms with E-state index in [4.69, 9.17) is 0 Å². The fraction of sp³-hybridized carbons (Fsp3) is 0.0417. The van der Waals surface area contributed by atoms with Gasteiger partial charge in [-0.25, -0.2) is 8.42 Å². The summed E-state index contributed by atoms with van der Waals surface area (Å²) < 4.78 is 70.3. The standard InChI is InChI=1S/C24H18NO7S2.3Na/c1-15-4-2-5-18(14-15)16-8-10-17(11-9-16)24(26)25-20-12-13-21(33(27,28)29)19-6-3-7-22(23(19)20)34(30,31)32;;;/h2,4-14H,1H3,(H,25,26)(H,27,28,29)(H,30,31,32);;;/q-1;3*+1/p-2. The molecule has 0 radical (unpaired) electrons. The molecule has 4 aromatic rings. The molecule has 0 heterocycles. The maximum Gasteiger partial charge on any atom is 1.00 e. The summed E-state index contributed by atoms with van der Waals surface area (Å²) >= 11 is 0. The third-order valence-electron chi connectivity index (χ3n) is 5.18. The fourth-order valence-corrected chi connectivity index (χ4v) is 4.98. The van der Waals surface area contributed by atoms with Crippen LogP contribution in [0.25, 0.3) is 21.9 Å². The Morgan fingerprint density at radius 2 is 1.41 bits per heavy atom. The van der Waals surface area contributed by atoms with Crippen LogP contribution in [0, 0.1) is 13.0 Å². The van der Waals surface area contributed by atoms with Gasteiger partial charge in [0.2, 0.25) is 0 Å². The summed E-state index contributed by atoms with van der Waals surface area (Å²) in [6.07, 6.45) is 0. The van der Waals surface area contributed by atoms with Crippen LogP contribution in [-0.2, 0) is 20.2 Å². The van der Waals surface area contributed by atoms with E-state index in [0.717, 1.165) is 41.0 Å². The van der Waals surface area contributed by atoms with E-state index in [0.29, 0.717) is 0 Å². The largest absolute Gasteiger partial charge is 1.00 e. The first kappa shape index (κ1) is 34.5. The van der Waals surface area contributed by atoms with Crippen molar-refractivity contribution in [2.45, 2.75) is 16.7 Å². The van der Waals surface area contributed by atoms with Gasteiger partial charge in [-0.05, 0) is 41.1 Å². The molecule has 0 saturated carbocycles. The molecule has 0 atom stereocenters. The Bertz CT molecular complexity index is 1660. The van der Waals surface area contributed by atoms with Gasteiger partial charge in [-0.3, -0.25) is 13.2 Å². The SMILES string of the molecule is Cc1cccc(-c2ccc(C(=O)Nc3ccc(S(=O)(=O)[O-])c4c[c-]cc(S(=O)(=O)[O-])c34)cc2)c1.[Na+].[Na+].[Na+]. The van der Waals surface area contributed by atoms with Crippen molar-refractivity contribution < 1.29 is 119 Å². The van der Waals surface area contributed by atoms with Crippen molar-refractivity contribution in [3.63, 3.8) is 0 Å². The second kappa shape index (κ2) is 13.7. The predicted molar refractivity (Wildman–Crippen MR) is 123 cm³/mol. The third-order valence-corrected chi connectivity index (χ3v) is 6.93. The van der Waals surface area contributed by atoms with Crippen LogP contribution in [0.4, 0.5) is 5.69 Å². The number of amides is 1. The zero-order valence-corrected chi connectivity index (χ0v) is 28.2. The molecule has 13 heteroatoms. The summed E-state index contributed by atoms with van der Waals surface area (Å²) in [5.74, 6) is -0.628. The molecule has 174 valence electrons. The van der Waals surface area contributed by atoms with Gasteiger partial charge in [0.15, 0.2) is 0 Å². The van der Waals surface area contributed by atoms with E-state index in [2.05, 4.69) is 11.4 Å². The van der Waals surface area contributed by atoms with E-state index in [1.165, 1.54) is 0 Å². The number of anilines is 1. The van der Waals surface area contributed by atoms with Crippen molar-refractivity contribution in [1.82, 2.24) is 0 Å². The maximum atomic E-state index is 12.9. The molecule has 1 amide bonds. The molecule has 0 aliphatic rings. The molecule has 0 aliphatic heterocycles. The molecule has 0 fully saturated rings. The van der Waals surface area contributed by atoms with Crippen molar-refractivity contribution in [2.75, 3.05) is 5.32 Å². The van der Waals surface area contributed by atoms with E-state index in [9.17, 15) is 30.7 Å². The van der Waals surface area contributed by atoms with E-state index < -0.39 is 35.9 Å². The second-order valence-electron chi connectivity index (χ2n) is 7.53. The van der Waals surface area contributed by atoms with Gasteiger partial charge in [-0.1, -0.05) is 53.4 Å². The van der Waals surface area contributed by atoms with E-state index >= 15 is 0 Å². The zero-order chi connectivity index (χ0) is 24.7. The number of benzene rings is 4. The topological polar surface area (TPSA) is 144 Å². The maximum absolute atomic E-state index is 12.9. The van der Waals surface area contributed by atoms with E-state index in [1.54, 1.807) is 24.3 Å². The predicted octanol–water partition coefficient (Wildman–Crippen LogP) is -5.31. The van der Waals surface area contributed by atoms with Crippen LogP contribution >= 0.6 is 0 Å². The molecule has 4 rings (SSSR count). The van der Waals surface area contributed by atoms with Gasteiger partial charge < -0.3 is 14.4 Å². The summed E-state index contributed by atoms with van der Waals surface area (Å²) in [4.78, 5) is 11.3. The first-order valence-electron chi connectivity index (χ1n) is 9.82. The second-order valence-corrected chi connectivity index (χ2v) is 10.2. The molecule has 1 N–H and O–H groups in total. The Labute approximate surface area is 281 Å². The van der Waals surface area contributed by atoms with Crippen molar-refractivity contribution in [1.29, 1.82) is 0 Å². The van der Waals surface area contributed by atoms with Gasteiger partial charge in [0.1, 0.15) is 10.1 Å². The normalized spacial score (nSPS) is 11.0. The quantitative estimate of drug-likeness (QED) is 0.145. The van der Waals surface area contributed by atoms with E-state index in [1.807, 2.05) is 31.2 Å². The van der Waals surface area contributed by atoms with Crippen molar-refractivity contribution in [3.8, 4) is 11.1 Å². The number of hydrogen-bond donors (Lipinski definition) is 1. The summed E-state index contributed by atoms with van der Waals surface area (Å²) in [5.41, 5.74) is 3.02. The molecule has 0 saturated heterocycles. The van der Waals surface area contributed by atoms with Crippen LogP contribution in [0.1, 0.15) is 15.9 Å². The van der Waals surface area contributed by atoms with Gasteiger partial charge in [0.05, 0.1) is 10.1 Å². The molecular weight excluding hydrogens is 547 g/mol. The summed E-state index contributed by atoms with van der Waals surface area (Å²) in [6, 6.07) is 20.8. The van der Waals surface area contributed by atoms with Crippen molar-refractivity contribution in [2.24, 2.45) is 0 Å². The minimum absolute atomic E-state index is 0. The van der Waals surface area contributed by atoms with Crippen molar-refractivity contribution in [3.05, 3.63) is 90.0 Å². The molecule has 8 nitrogen and oxygen atoms in total. The average molecular weight is 563 g/mol. The smallest absolute Gasteiger partial charge is 0.754 e. The van der Waals surface area contributed by atoms with Crippen LogP contribution in [0.15, 0.2) is 82.6 Å². The van der Waals surface area contributed by atoms with Gasteiger partial charge >= 0.3 is 88.7 Å². The molecule has 0 aromatic heterocycles. The number of fused-ring (bicyclic) bond motifs is 1. The first-order chi connectivity index (χ1) is 15.9. The number of carbonyl (C=O) groups is 1. The van der Waals surface area contributed by atoms with Crippen LogP contribution in [0.5, 0.6) is 0 Å². The van der Waals surface area contributed by atoms with Crippen LogP contribution < -0.4 is 94.0 Å². The summed E-state index contributed by atoms with van der Waals surface area (Å²) in [7, 11) is -10.1. The fourth-order valence-electron chi connectivity index (χ4n) is 3.63. The van der Waals surface area contributed by atoms with Gasteiger partial charge in [-0.2, -0.15) is 18.2 Å². The molecular formula is C24H16NNa3O7S2. The molecule has 0 aliphatic carbocycles. The molecule has 0 bridgehead atoms. The number of nitrogens with one attached hydrogen (secondary N) is 1. The Hall–Kier alpha value is -0.570. The van der Waals surface area contributed by atoms with Gasteiger partial charge in [-0.15, -0.1) is 5.39 Å². The first-order valence-corrected chi connectivity index (χ1v) is 12.6. The Kier molecular flexibility index (Phi) is 12.7.